The normalized spacial score (nSPS) is 11.7. The number of para-hydroxylation sites is 2. The molecule has 1 atom stereocenters. The molecule has 0 saturated carbocycles. The summed E-state index contributed by atoms with van der Waals surface area (Å²) in [5.41, 5.74) is 0.529. The predicted octanol–water partition coefficient (Wildman–Crippen LogP) is 0.0906. The molecule has 0 fully saturated rings. The maximum atomic E-state index is 9.50. The fraction of sp³-hybridized carbons (Fsp3) is 0.357. The molecule has 0 saturated heterocycles. The third-order valence-corrected chi connectivity index (χ3v) is 2.97. The first-order valence-corrected chi connectivity index (χ1v) is 6.56. The predicted molar refractivity (Wildman–Crippen MR) is 75.2 cm³/mol. The van der Waals surface area contributed by atoms with Crippen molar-refractivity contribution in [3.8, 4) is 17.6 Å². The van der Waals surface area contributed by atoms with Crippen LogP contribution >= 0.6 is 0 Å². The minimum Gasteiger partial charge on any atom is -0.493 e. The molecular formula is C14H16N4O4. The standard InChI is InChI=1S/C14H16N4O4/c1-21-13-4-2-3-5-14(13)22-9-12-11(6-15)16-17-18(12)7-10(20)8-19/h2-5,10,19-20H,7-9H2,1H3. The molecule has 1 heterocycles. The van der Waals surface area contributed by atoms with Crippen molar-refractivity contribution in [1.82, 2.24) is 15.0 Å². The molecule has 2 N–H and O–H groups in total. The lowest BCUT2D eigenvalue weighted by atomic mass is 10.3. The number of aromatic nitrogens is 3. The Kier molecular flexibility index (Phi) is 5.30. The average molecular weight is 304 g/mol. The molecule has 116 valence electrons. The van der Waals surface area contributed by atoms with E-state index in [-0.39, 0.29) is 18.8 Å². The van der Waals surface area contributed by atoms with Crippen molar-refractivity contribution < 1.29 is 19.7 Å². The van der Waals surface area contributed by atoms with Crippen LogP contribution in [0.4, 0.5) is 0 Å². The van der Waals surface area contributed by atoms with Gasteiger partial charge in [0.1, 0.15) is 18.4 Å². The largest absolute Gasteiger partial charge is 0.493 e. The van der Waals surface area contributed by atoms with E-state index in [1.165, 1.54) is 11.8 Å². The van der Waals surface area contributed by atoms with E-state index < -0.39 is 12.7 Å². The second-order valence-electron chi connectivity index (χ2n) is 4.45. The van der Waals surface area contributed by atoms with Crippen LogP contribution < -0.4 is 9.47 Å². The van der Waals surface area contributed by atoms with Gasteiger partial charge >= 0.3 is 0 Å². The van der Waals surface area contributed by atoms with Gasteiger partial charge in [0.25, 0.3) is 0 Å². The number of aliphatic hydroxyl groups excluding tert-OH is 2. The molecule has 0 amide bonds. The molecule has 0 spiro atoms. The van der Waals surface area contributed by atoms with Gasteiger partial charge in [-0.05, 0) is 12.1 Å². The summed E-state index contributed by atoms with van der Waals surface area (Å²) >= 11 is 0. The smallest absolute Gasteiger partial charge is 0.189 e. The Hall–Kier alpha value is -2.63. The first kappa shape index (κ1) is 15.8. The molecule has 1 aromatic heterocycles. The van der Waals surface area contributed by atoms with Gasteiger partial charge in [-0.3, -0.25) is 0 Å². The van der Waals surface area contributed by atoms with Crippen LogP contribution in [0.25, 0.3) is 0 Å². The number of hydrogen-bond acceptors (Lipinski definition) is 7. The van der Waals surface area contributed by atoms with E-state index in [9.17, 15) is 5.11 Å². The van der Waals surface area contributed by atoms with E-state index >= 15 is 0 Å². The van der Waals surface area contributed by atoms with Crippen molar-refractivity contribution >= 4 is 0 Å². The summed E-state index contributed by atoms with van der Waals surface area (Å²) in [6.45, 7) is -0.348. The molecule has 22 heavy (non-hydrogen) atoms. The van der Waals surface area contributed by atoms with Crippen molar-refractivity contribution in [2.45, 2.75) is 19.3 Å². The van der Waals surface area contributed by atoms with Crippen LogP contribution in [0.2, 0.25) is 0 Å². The van der Waals surface area contributed by atoms with E-state index in [0.717, 1.165) is 0 Å². The number of benzene rings is 1. The van der Waals surface area contributed by atoms with Crippen molar-refractivity contribution in [2.24, 2.45) is 0 Å². The third-order valence-electron chi connectivity index (χ3n) is 2.97. The molecule has 0 bridgehead atoms. The molecule has 8 heteroatoms. The monoisotopic (exact) mass is 304 g/mol. The van der Waals surface area contributed by atoms with Crippen LogP contribution in [-0.4, -0.2) is 45.0 Å². The first-order chi connectivity index (χ1) is 10.7. The minimum absolute atomic E-state index is 0.0236. The molecule has 8 nitrogen and oxygen atoms in total. The van der Waals surface area contributed by atoms with Gasteiger partial charge in [0, 0.05) is 0 Å². The first-order valence-electron chi connectivity index (χ1n) is 6.56. The Morgan fingerprint density at radius 3 is 2.73 bits per heavy atom. The zero-order valence-electron chi connectivity index (χ0n) is 12.0. The van der Waals surface area contributed by atoms with Crippen LogP contribution in [0.15, 0.2) is 24.3 Å². The average Bonchev–Trinajstić information content (AvgIpc) is 2.94. The maximum absolute atomic E-state index is 9.50. The van der Waals surface area contributed by atoms with Gasteiger partial charge in [-0.15, -0.1) is 5.10 Å². The van der Waals surface area contributed by atoms with Crippen molar-refractivity contribution in [3.63, 3.8) is 0 Å². The van der Waals surface area contributed by atoms with E-state index in [0.29, 0.717) is 17.2 Å². The molecule has 0 radical (unpaired) electrons. The number of hydrogen-bond donors (Lipinski definition) is 2. The lowest BCUT2D eigenvalue weighted by molar-refractivity contribution is 0.0761. The van der Waals surface area contributed by atoms with Crippen LogP contribution in [0.3, 0.4) is 0 Å². The lowest BCUT2D eigenvalue weighted by Crippen LogP contribution is -2.22. The number of methoxy groups -OCH3 is 1. The van der Waals surface area contributed by atoms with Gasteiger partial charge in [0.05, 0.1) is 26.4 Å². The van der Waals surface area contributed by atoms with Gasteiger partial charge in [0.2, 0.25) is 0 Å². The molecule has 0 aliphatic heterocycles. The second-order valence-corrected chi connectivity index (χ2v) is 4.45. The van der Waals surface area contributed by atoms with Crippen molar-refractivity contribution in [1.29, 1.82) is 5.26 Å². The number of rotatable bonds is 7. The van der Waals surface area contributed by atoms with Gasteiger partial charge < -0.3 is 19.7 Å². The van der Waals surface area contributed by atoms with Crippen LogP contribution in [0.1, 0.15) is 11.4 Å². The fourth-order valence-electron chi connectivity index (χ4n) is 1.85. The second kappa shape index (κ2) is 7.40. The van der Waals surface area contributed by atoms with E-state index in [1.54, 1.807) is 18.2 Å². The highest BCUT2D eigenvalue weighted by molar-refractivity contribution is 5.39. The highest BCUT2D eigenvalue weighted by Gasteiger charge is 2.16. The van der Waals surface area contributed by atoms with E-state index in [4.69, 9.17) is 19.8 Å². The molecule has 1 unspecified atom stereocenters. The molecule has 2 rings (SSSR count). The van der Waals surface area contributed by atoms with Gasteiger partial charge in [-0.25, -0.2) is 4.68 Å². The van der Waals surface area contributed by atoms with Gasteiger partial charge in [0.15, 0.2) is 17.2 Å². The van der Waals surface area contributed by atoms with E-state index in [2.05, 4.69) is 10.3 Å². The highest BCUT2D eigenvalue weighted by Crippen LogP contribution is 2.26. The molecule has 1 aromatic carbocycles. The summed E-state index contributed by atoms with van der Waals surface area (Å²) < 4.78 is 12.2. The Labute approximate surface area is 127 Å². The SMILES string of the molecule is COc1ccccc1OCc1c(C#N)nnn1CC(O)CO. The minimum atomic E-state index is -0.988. The number of aliphatic hydroxyl groups is 2. The third kappa shape index (κ3) is 3.52. The fourth-order valence-corrected chi connectivity index (χ4v) is 1.85. The Morgan fingerprint density at radius 1 is 1.36 bits per heavy atom. The summed E-state index contributed by atoms with van der Waals surface area (Å²) in [4.78, 5) is 0. The molecular weight excluding hydrogens is 288 g/mol. The zero-order valence-corrected chi connectivity index (χ0v) is 12.0. The lowest BCUT2D eigenvalue weighted by Gasteiger charge is -2.12. The summed E-state index contributed by atoms with van der Waals surface area (Å²) in [5.74, 6) is 1.08. The summed E-state index contributed by atoms with van der Waals surface area (Å²) in [6.07, 6.45) is -0.988. The van der Waals surface area contributed by atoms with Crippen LogP contribution in [0, 0.1) is 11.3 Å². The summed E-state index contributed by atoms with van der Waals surface area (Å²) in [7, 11) is 1.53. The van der Waals surface area contributed by atoms with Crippen molar-refractivity contribution in [2.75, 3.05) is 13.7 Å². The van der Waals surface area contributed by atoms with Crippen molar-refractivity contribution in [3.05, 3.63) is 35.7 Å². The van der Waals surface area contributed by atoms with E-state index in [1.807, 2.05) is 12.1 Å². The highest BCUT2D eigenvalue weighted by atomic mass is 16.5. The molecule has 2 aromatic rings. The summed E-state index contributed by atoms with van der Waals surface area (Å²) in [6, 6.07) is 9.03. The van der Waals surface area contributed by atoms with Crippen LogP contribution in [0.5, 0.6) is 11.5 Å². The Balaban J connectivity index is 2.18. The van der Waals surface area contributed by atoms with Gasteiger partial charge in [-0.2, -0.15) is 5.26 Å². The number of nitrogens with zero attached hydrogens (tertiary/aromatic N) is 4. The van der Waals surface area contributed by atoms with Crippen LogP contribution in [-0.2, 0) is 13.2 Å². The Bertz CT molecular complexity index is 665. The molecule has 0 aliphatic rings. The Morgan fingerprint density at radius 2 is 2.09 bits per heavy atom. The number of ether oxygens (including phenoxy) is 2. The zero-order chi connectivity index (χ0) is 15.9. The molecule has 0 aliphatic carbocycles. The number of nitriles is 1. The quantitative estimate of drug-likeness (QED) is 0.745. The van der Waals surface area contributed by atoms with Gasteiger partial charge in [-0.1, -0.05) is 17.3 Å². The topological polar surface area (TPSA) is 113 Å². The maximum Gasteiger partial charge on any atom is 0.189 e. The summed E-state index contributed by atoms with van der Waals surface area (Å²) in [5, 5.41) is 35.0.